The molecule has 0 bridgehead atoms. The van der Waals surface area contributed by atoms with Crippen LogP contribution < -0.4 is 15.4 Å². The van der Waals surface area contributed by atoms with Gasteiger partial charge in [0.2, 0.25) is 0 Å². The second kappa shape index (κ2) is 6.64. The average Bonchev–Trinajstić information content (AvgIpc) is 2.26. The molecule has 2 N–H and O–H groups in total. The van der Waals surface area contributed by atoms with Gasteiger partial charge in [-0.2, -0.15) is 0 Å². The number of nitrogens with one attached hydrogen (secondary N) is 2. The molecule has 0 radical (unpaired) electrons. The summed E-state index contributed by atoms with van der Waals surface area (Å²) >= 11 is 0. The SMILES string of the molecule is CC(C)(C)CC(C)(C)NC(=O)NCOc1ccccc1. The highest BCUT2D eigenvalue weighted by molar-refractivity contribution is 5.74. The fraction of sp³-hybridized carbons (Fsp3) is 0.562. The van der Waals surface area contributed by atoms with Gasteiger partial charge in [-0.05, 0) is 37.8 Å². The van der Waals surface area contributed by atoms with E-state index >= 15 is 0 Å². The molecule has 0 aliphatic heterocycles. The Morgan fingerprint density at radius 1 is 1.10 bits per heavy atom. The molecular formula is C16H26N2O2. The first kappa shape index (κ1) is 16.3. The number of benzene rings is 1. The van der Waals surface area contributed by atoms with Crippen LogP contribution in [-0.2, 0) is 0 Å². The highest BCUT2D eigenvalue weighted by Gasteiger charge is 2.26. The van der Waals surface area contributed by atoms with Gasteiger partial charge in [-0.3, -0.25) is 0 Å². The smallest absolute Gasteiger partial charge is 0.317 e. The van der Waals surface area contributed by atoms with Crippen LogP contribution in [0.2, 0.25) is 0 Å². The summed E-state index contributed by atoms with van der Waals surface area (Å²) in [5, 5.41) is 5.67. The largest absolute Gasteiger partial charge is 0.473 e. The van der Waals surface area contributed by atoms with Gasteiger partial charge in [0.05, 0.1) is 0 Å². The molecule has 0 aliphatic rings. The van der Waals surface area contributed by atoms with Crippen molar-refractivity contribution in [3.63, 3.8) is 0 Å². The monoisotopic (exact) mass is 278 g/mol. The first-order valence-electron chi connectivity index (χ1n) is 6.92. The van der Waals surface area contributed by atoms with Gasteiger partial charge in [0.15, 0.2) is 6.73 Å². The molecule has 4 nitrogen and oxygen atoms in total. The fourth-order valence-corrected chi connectivity index (χ4v) is 2.42. The average molecular weight is 278 g/mol. The number of carbonyl (C=O) groups excluding carboxylic acids is 1. The zero-order chi connectivity index (χ0) is 15.2. The number of hydrogen-bond acceptors (Lipinski definition) is 2. The van der Waals surface area contributed by atoms with Gasteiger partial charge in [-0.25, -0.2) is 4.79 Å². The van der Waals surface area contributed by atoms with E-state index in [0.29, 0.717) is 0 Å². The lowest BCUT2D eigenvalue weighted by atomic mass is 9.82. The van der Waals surface area contributed by atoms with E-state index in [2.05, 4.69) is 31.4 Å². The van der Waals surface area contributed by atoms with Crippen LogP contribution in [0.4, 0.5) is 4.79 Å². The molecule has 1 aromatic carbocycles. The summed E-state index contributed by atoms with van der Waals surface area (Å²) in [6.07, 6.45) is 0.896. The van der Waals surface area contributed by atoms with E-state index in [1.807, 2.05) is 44.2 Å². The summed E-state index contributed by atoms with van der Waals surface area (Å²) < 4.78 is 5.42. The molecule has 0 heterocycles. The maximum absolute atomic E-state index is 11.8. The van der Waals surface area contributed by atoms with Crippen LogP contribution in [0.5, 0.6) is 5.75 Å². The Morgan fingerprint density at radius 2 is 1.70 bits per heavy atom. The standard InChI is InChI=1S/C16H26N2O2/c1-15(2,3)11-16(4,5)18-14(19)17-12-20-13-9-7-6-8-10-13/h6-10H,11-12H2,1-5H3,(H2,17,18,19). The second-order valence-corrected chi connectivity index (χ2v) is 6.85. The Hall–Kier alpha value is -1.71. The molecule has 1 aromatic rings. The minimum Gasteiger partial charge on any atom is -0.473 e. The first-order chi connectivity index (χ1) is 9.18. The molecule has 0 saturated heterocycles. The Kier molecular flexibility index (Phi) is 5.43. The van der Waals surface area contributed by atoms with Crippen molar-refractivity contribution in [2.45, 2.75) is 46.6 Å². The molecule has 0 aromatic heterocycles. The highest BCUT2D eigenvalue weighted by Crippen LogP contribution is 2.26. The molecule has 2 amide bonds. The summed E-state index contributed by atoms with van der Waals surface area (Å²) in [7, 11) is 0. The van der Waals surface area contributed by atoms with Crippen LogP contribution in [0.25, 0.3) is 0 Å². The molecule has 112 valence electrons. The van der Waals surface area contributed by atoms with Crippen molar-refractivity contribution >= 4 is 6.03 Å². The highest BCUT2D eigenvalue weighted by atomic mass is 16.5. The lowest BCUT2D eigenvalue weighted by Crippen LogP contribution is -2.50. The van der Waals surface area contributed by atoms with Crippen molar-refractivity contribution < 1.29 is 9.53 Å². The van der Waals surface area contributed by atoms with E-state index in [1.165, 1.54) is 0 Å². The van der Waals surface area contributed by atoms with Crippen molar-refractivity contribution in [1.82, 2.24) is 10.6 Å². The third-order valence-electron chi connectivity index (χ3n) is 2.64. The van der Waals surface area contributed by atoms with Gasteiger partial charge >= 0.3 is 6.03 Å². The number of para-hydroxylation sites is 1. The minimum atomic E-state index is -0.255. The normalized spacial score (nSPS) is 11.8. The van der Waals surface area contributed by atoms with Gasteiger partial charge in [0.1, 0.15) is 5.75 Å². The van der Waals surface area contributed by atoms with E-state index in [4.69, 9.17) is 4.74 Å². The quantitative estimate of drug-likeness (QED) is 0.809. The van der Waals surface area contributed by atoms with E-state index in [-0.39, 0.29) is 23.7 Å². The van der Waals surface area contributed by atoms with Gasteiger partial charge < -0.3 is 15.4 Å². The lowest BCUT2D eigenvalue weighted by Gasteiger charge is -2.33. The number of rotatable bonds is 5. The predicted molar refractivity (Wildman–Crippen MR) is 81.8 cm³/mol. The number of carbonyl (C=O) groups is 1. The molecule has 0 fully saturated rings. The van der Waals surface area contributed by atoms with Crippen molar-refractivity contribution in [1.29, 1.82) is 0 Å². The summed E-state index contributed by atoms with van der Waals surface area (Å²) in [6.45, 7) is 10.7. The molecule has 0 atom stereocenters. The van der Waals surface area contributed by atoms with Crippen LogP contribution in [0.15, 0.2) is 30.3 Å². The molecule has 4 heteroatoms. The topological polar surface area (TPSA) is 50.4 Å². The van der Waals surface area contributed by atoms with E-state index < -0.39 is 0 Å². The van der Waals surface area contributed by atoms with Gasteiger partial charge in [0, 0.05) is 5.54 Å². The van der Waals surface area contributed by atoms with E-state index in [0.717, 1.165) is 12.2 Å². The third kappa shape index (κ3) is 7.02. The molecule has 0 saturated carbocycles. The maximum atomic E-state index is 11.8. The number of ether oxygens (including phenoxy) is 1. The Balaban J connectivity index is 2.33. The van der Waals surface area contributed by atoms with Crippen molar-refractivity contribution in [2.75, 3.05) is 6.73 Å². The zero-order valence-electron chi connectivity index (χ0n) is 13.1. The summed E-state index contributed by atoms with van der Waals surface area (Å²) in [6, 6.07) is 9.19. The van der Waals surface area contributed by atoms with Gasteiger partial charge in [-0.15, -0.1) is 0 Å². The molecular weight excluding hydrogens is 252 g/mol. The summed E-state index contributed by atoms with van der Waals surface area (Å²) in [5.74, 6) is 0.738. The van der Waals surface area contributed by atoms with Crippen molar-refractivity contribution in [3.05, 3.63) is 30.3 Å². The molecule has 1 rings (SSSR count). The summed E-state index contributed by atoms with van der Waals surface area (Å²) in [5.41, 5.74) is -0.0909. The maximum Gasteiger partial charge on any atom is 0.317 e. The number of urea groups is 1. The van der Waals surface area contributed by atoms with Gasteiger partial charge in [-0.1, -0.05) is 39.0 Å². The Bertz CT molecular complexity index is 422. The van der Waals surface area contributed by atoms with Crippen LogP contribution in [0, 0.1) is 5.41 Å². The number of amides is 2. The lowest BCUT2D eigenvalue weighted by molar-refractivity contribution is 0.199. The third-order valence-corrected chi connectivity index (χ3v) is 2.64. The first-order valence-corrected chi connectivity index (χ1v) is 6.92. The zero-order valence-corrected chi connectivity index (χ0v) is 13.1. The van der Waals surface area contributed by atoms with Crippen LogP contribution in [0.1, 0.15) is 41.0 Å². The second-order valence-electron chi connectivity index (χ2n) is 6.85. The number of hydrogen-bond donors (Lipinski definition) is 2. The van der Waals surface area contributed by atoms with E-state index in [9.17, 15) is 4.79 Å². The molecule has 0 aliphatic carbocycles. The van der Waals surface area contributed by atoms with Crippen molar-refractivity contribution in [2.24, 2.45) is 5.41 Å². The van der Waals surface area contributed by atoms with Gasteiger partial charge in [0.25, 0.3) is 0 Å². The van der Waals surface area contributed by atoms with Crippen LogP contribution >= 0.6 is 0 Å². The van der Waals surface area contributed by atoms with E-state index in [1.54, 1.807) is 0 Å². The summed E-state index contributed by atoms with van der Waals surface area (Å²) in [4.78, 5) is 11.8. The van der Waals surface area contributed by atoms with Crippen molar-refractivity contribution in [3.8, 4) is 5.75 Å². The van der Waals surface area contributed by atoms with Crippen LogP contribution in [0.3, 0.4) is 0 Å². The van der Waals surface area contributed by atoms with Crippen LogP contribution in [-0.4, -0.2) is 18.3 Å². The minimum absolute atomic E-state index is 0.154. The Morgan fingerprint density at radius 3 is 2.25 bits per heavy atom. The molecule has 0 unspecified atom stereocenters. The molecule has 20 heavy (non-hydrogen) atoms. The fourth-order valence-electron chi connectivity index (χ4n) is 2.42. The predicted octanol–water partition coefficient (Wildman–Crippen LogP) is 3.54. The Labute approximate surface area is 121 Å². The molecule has 0 spiro atoms.